The number of hydrogen-bond acceptors (Lipinski definition) is 3. The summed E-state index contributed by atoms with van der Waals surface area (Å²) in [5.74, 6) is -0.00391. The van der Waals surface area contributed by atoms with Crippen molar-refractivity contribution in [1.82, 2.24) is 0 Å². The number of benzene rings is 2. The summed E-state index contributed by atoms with van der Waals surface area (Å²) in [4.78, 5) is 12.2. The van der Waals surface area contributed by atoms with Crippen LogP contribution in [0.2, 0.25) is 5.02 Å². The number of rotatable bonds is 3. The minimum Gasteiger partial charge on any atom is -0.479 e. The normalized spacial score (nSPS) is 17.1. The maximum Gasteiger partial charge on any atom is 0.342 e. The fraction of sp³-hybridized carbons (Fsp3) is 0.105. The van der Waals surface area contributed by atoms with Crippen molar-refractivity contribution in [3.63, 3.8) is 0 Å². The maximum absolute atomic E-state index is 12.2. The summed E-state index contributed by atoms with van der Waals surface area (Å²) in [7, 11) is 1.34. The van der Waals surface area contributed by atoms with E-state index in [-0.39, 0.29) is 0 Å². The smallest absolute Gasteiger partial charge is 0.342 e. The lowest BCUT2D eigenvalue weighted by Gasteiger charge is -2.15. The van der Waals surface area contributed by atoms with Crippen LogP contribution in [0.4, 0.5) is 0 Å². The first-order chi connectivity index (χ1) is 11.1. The molecule has 2 aromatic carbocycles. The van der Waals surface area contributed by atoms with Crippen LogP contribution < -0.4 is 0 Å². The Morgan fingerprint density at radius 3 is 2.43 bits per heavy atom. The van der Waals surface area contributed by atoms with Crippen LogP contribution in [0.15, 0.2) is 72.3 Å². The van der Waals surface area contributed by atoms with Gasteiger partial charge in [-0.1, -0.05) is 66.7 Å². The van der Waals surface area contributed by atoms with E-state index >= 15 is 0 Å². The Morgan fingerprint density at radius 1 is 1.13 bits per heavy atom. The van der Waals surface area contributed by atoms with Gasteiger partial charge in [0.05, 0.1) is 7.11 Å². The molecule has 1 atom stereocenters. The zero-order valence-electron chi connectivity index (χ0n) is 12.6. The minimum absolute atomic E-state index is 0.351. The van der Waals surface area contributed by atoms with Crippen molar-refractivity contribution < 1.29 is 14.3 Å². The Labute approximate surface area is 139 Å². The van der Waals surface area contributed by atoms with Crippen molar-refractivity contribution >= 4 is 23.3 Å². The molecule has 0 spiro atoms. The lowest BCUT2D eigenvalue weighted by Crippen LogP contribution is -2.07. The molecule has 1 aliphatic heterocycles. The van der Waals surface area contributed by atoms with E-state index in [4.69, 9.17) is 21.1 Å². The summed E-state index contributed by atoms with van der Waals surface area (Å²) in [6.45, 7) is 4.04. The van der Waals surface area contributed by atoms with Crippen LogP contribution in [0.1, 0.15) is 17.2 Å². The molecular formula is C19H15ClO3. The highest BCUT2D eigenvalue weighted by atomic mass is 35.5. The van der Waals surface area contributed by atoms with Gasteiger partial charge in [0.2, 0.25) is 0 Å². The van der Waals surface area contributed by atoms with Crippen molar-refractivity contribution in [2.45, 2.75) is 6.10 Å². The summed E-state index contributed by atoms with van der Waals surface area (Å²) < 4.78 is 11.0. The first-order valence-electron chi connectivity index (χ1n) is 7.11. The number of carbonyl (C=O) groups is 1. The summed E-state index contributed by atoms with van der Waals surface area (Å²) >= 11 is 6.27. The third-order valence-electron chi connectivity index (χ3n) is 3.71. The van der Waals surface area contributed by atoms with E-state index in [1.165, 1.54) is 7.11 Å². The Morgan fingerprint density at radius 2 is 1.78 bits per heavy atom. The maximum atomic E-state index is 12.2. The average Bonchev–Trinajstić information content (AvgIpc) is 2.93. The SMILES string of the molecule is C=C1C(C(=O)OC)=C(c2ccccc2)O[C@H]1c1ccccc1Cl. The number of methoxy groups -OCH3 is 1. The van der Waals surface area contributed by atoms with Crippen molar-refractivity contribution in [2.24, 2.45) is 0 Å². The monoisotopic (exact) mass is 326 g/mol. The number of hydrogen-bond donors (Lipinski definition) is 0. The predicted molar refractivity (Wildman–Crippen MR) is 89.8 cm³/mol. The molecule has 4 heteroatoms. The molecule has 0 fully saturated rings. The molecule has 0 saturated carbocycles. The third kappa shape index (κ3) is 2.76. The number of esters is 1. The van der Waals surface area contributed by atoms with E-state index in [2.05, 4.69) is 6.58 Å². The van der Waals surface area contributed by atoms with Gasteiger partial charge >= 0.3 is 5.97 Å². The Balaban J connectivity index is 2.08. The average molecular weight is 327 g/mol. The zero-order chi connectivity index (χ0) is 16.4. The van der Waals surface area contributed by atoms with Gasteiger partial charge in [0, 0.05) is 21.7 Å². The van der Waals surface area contributed by atoms with Crippen LogP contribution in [-0.2, 0) is 14.3 Å². The van der Waals surface area contributed by atoms with Gasteiger partial charge in [-0.15, -0.1) is 0 Å². The highest BCUT2D eigenvalue weighted by Crippen LogP contribution is 2.45. The van der Waals surface area contributed by atoms with E-state index in [0.29, 0.717) is 21.9 Å². The Kier molecular flexibility index (Phi) is 4.22. The molecule has 0 N–H and O–H groups in total. The van der Waals surface area contributed by atoms with Crippen LogP contribution in [0, 0.1) is 0 Å². The lowest BCUT2D eigenvalue weighted by atomic mass is 9.97. The third-order valence-corrected chi connectivity index (χ3v) is 4.06. The van der Waals surface area contributed by atoms with Gasteiger partial charge in [0.25, 0.3) is 0 Å². The van der Waals surface area contributed by atoms with Gasteiger partial charge in [-0.05, 0) is 6.07 Å². The first kappa shape index (κ1) is 15.4. The van der Waals surface area contributed by atoms with E-state index in [1.807, 2.05) is 48.5 Å². The molecule has 0 saturated heterocycles. The summed E-state index contributed by atoms with van der Waals surface area (Å²) in [5, 5.41) is 0.567. The summed E-state index contributed by atoms with van der Waals surface area (Å²) in [6, 6.07) is 16.8. The van der Waals surface area contributed by atoms with Gasteiger partial charge in [0.1, 0.15) is 11.3 Å². The van der Waals surface area contributed by atoms with Crippen LogP contribution in [0.3, 0.4) is 0 Å². The van der Waals surface area contributed by atoms with Gasteiger partial charge in [-0.2, -0.15) is 0 Å². The molecule has 1 heterocycles. The molecule has 0 unspecified atom stereocenters. The minimum atomic E-state index is -0.506. The predicted octanol–water partition coefficient (Wildman–Crippen LogP) is 4.55. The fourth-order valence-corrected chi connectivity index (χ4v) is 2.83. The Bertz CT molecular complexity index is 793. The molecule has 0 aliphatic carbocycles. The van der Waals surface area contributed by atoms with Gasteiger partial charge in [-0.25, -0.2) is 4.79 Å². The summed E-state index contributed by atoms with van der Waals surface area (Å²) in [6.07, 6.45) is -0.506. The molecule has 0 aromatic heterocycles. The molecule has 3 nitrogen and oxygen atoms in total. The molecule has 0 radical (unpaired) electrons. The topological polar surface area (TPSA) is 35.5 Å². The molecule has 116 valence electrons. The highest BCUT2D eigenvalue weighted by Gasteiger charge is 2.37. The van der Waals surface area contributed by atoms with Crippen molar-refractivity contribution in [3.8, 4) is 0 Å². The van der Waals surface area contributed by atoms with Crippen molar-refractivity contribution in [3.05, 3.63) is 88.5 Å². The van der Waals surface area contributed by atoms with Crippen LogP contribution in [0.5, 0.6) is 0 Å². The van der Waals surface area contributed by atoms with Crippen LogP contribution >= 0.6 is 11.6 Å². The number of ether oxygens (including phenoxy) is 2. The van der Waals surface area contributed by atoms with Crippen molar-refractivity contribution in [2.75, 3.05) is 7.11 Å². The standard InChI is InChI=1S/C19H15ClO3/c1-12-16(19(21)22-2)18(13-8-4-3-5-9-13)23-17(12)14-10-6-7-11-15(14)20/h3-11,17H,1H2,2H3/t17-/m1/s1. The van der Waals surface area contributed by atoms with E-state index < -0.39 is 12.1 Å². The van der Waals surface area contributed by atoms with Crippen molar-refractivity contribution in [1.29, 1.82) is 0 Å². The molecule has 0 amide bonds. The molecule has 0 bridgehead atoms. The van der Waals surface area contributed by atoms with E-state index in [1.54, 1.807) is 6.07 Å². The quantitative estimate of drug-likeness (QED) is 0.776. The van der Waals surface area contributed by atoms with Crippen LogP contribution in [-0.4, -0.2) is 13.1 Å². The van der Waals surface area contributed by atoms with Gasteiger partial charge in [0.15, 0.2) is 6.10 Å². The zero-order valence-corrected chi connectivity index (χ0v) is 13.3. The second-order valence-corrected chi connectivity index (χ2v) is 5.51. The molecular weight excluding hydrogens is 312 g/mol. The molecule has 23 heavy (non-hydrogen) atoms. The fourth-order valence-electron chi connectivity index (χ4n) is 2.59. The second-order valence-electron chi connectivity index (χ2n) is 5.11. The Hall–Kier alpha value is -2.52. The van der Waals surface area contributed by atoms with E-state index in [0.717, 1.165) is 11.1 Å². The van der Waals surface area contributed by atoms with Gasteiger partial charge < -0.3 is 9.47 Å². The molecule has 2 aromatic rings. The first-order valence-corrected chi connectivity index (χ1v) is 7.49. The van der Waals surface area contributed by atoms with Crippen LogP contribution in [0.25, 0.3) is 5.76 Å². The van der Waals surface area contributed by atoms with E-state index in [9.17, 15) is 4.79 Å². The number of carbonyl (C=O) groups excluding carboxylic acids is 1. The molecule has 1 aliphatic rings. The highest BCUT2D eigenvalue weighted by molar-refractivity contribution is 6.31. The largest absolute Gasteiger partial charge is 0.479 e. The van der Waals surface area contributed by atoms with Gasteiger partial charge in [-0.3, -0.25) is 0 Å². The second kappa shape index (κ2) is 6.31. The summed E-state index contributed by atoms with van der Waals surface area (Å²) in [5.41, 5.74) is 2.46. The molecule has 3 rings (SSSR count). The number of halogens is 1. The lowest BCUT2D eigenvalue weighted by molar-refractivity contribution is -0.135.